The van der Waals surface area contributed by atoms with Gasteiger partial charge in [0.1, 0.15) is 11.5 Å². The smallest absolute Gasteiger partial charge is 0.345 e. The average Bonchev–Trinajstić information content (AvgIpc) is 3.32. The summed E-state index contributed by atoms with van der Waals surface area (Å²) < 4.78 is 12.9. The first kappa shape index (κ1) is 14.8. The molecule has 0 aliphatic rings. The van der Waals surface area contributed by atoms with Gasteiger partial charge in [-0.3, -0.25) is 4.79 Å². The molecule has 7 nitrogen and oxygen atoms in total. The maximum atomic E-state index is 10.8. The number of hydrogen-bond acceptors (Lipinski definition) is 6. The highest BCUT2D eigenvalue weighted by Gasteiger charge is 2.15. The van der Waals surface area contributed by atoms with Crippen molar-refractivity contribution in [1.82, 2.24) is 20.2 Å². The Morgan fingerprint density at radius 3 is 2.56 bits per heavy atom. The van der Waals surface area contributed by atoms with Crippen molar-refractivity contribution in [2.24, 2.45) is 0 Å². The summed E-state index contributed by atoms with van der Waals surface area (Å²) in [6, 6.07) is 20.3. The molecule has 2 aromatic carbocycles. The fourth-order valence-corrected chi connectivity index (χ4v) is 2.39. The highest BCUT2D eigenvalue weighted by Crippen LogP contribution is 2.33. The summed E-state index contributed by atoms with van der Waals surface area (Å²) in [5.74, 6) is 1.29. The zero-order valence-corrected chi connectivity index (χ0v) is 12.9. The van der Waals surface area contributed by atoms with E-state index in [0.29, 0.717) is 23.4 Å². The topological polar surface area (TPSA) is 83.0 Å². The summed E-state index contributed by atoms with van der Waals surface area (Å²) in [7, 11) is 0. The van der Waals surface area contributed by atoms with Gasteiger partial charge in [-0.05, 0) is 46.8 Å². The number of carbonyl (C=O) groups is 1. The molecule has 0 N–H and O–H groups in total. The van der Waals surface area contributed by atoms with E-state index in [1.165, 1.54) is 4.68 Å². The lowest BCUT2D eigenvalue weighted by Gasteiger charge is -2.09. The van der Waals surface area contributed by atoms with Crippen LogP contribution in [0.25, 0.3) is 17.0 Å². The normalized spacial score (nSPS) is 10.6. The highest BCUT2D eigenvalue weighted by molar-refractivity contribution is 5.74. The lowest BCUT2D eigenvalue weighted by molar-refractivity contribution is 0.110. The summed E-state index contributed by atoms with van der Waals surface area (Å²) in [5.41, 5.74) is 1.47. The Hall–Kier alpha value is -3.74. The van der Waals surface area contributed by atoms with Crippen molar-refractivity contribution in [1.29, 1.82) is 0 Å². The van der Waals surface area contributed by atoms with Gasteiger partial charge in [0.2, 0.25) is 0 Å². The van der Waals surface area contributed by atoms with Gasteiger partial charge in [0.15, 0.2) is 12.0 Å². The maximum Gasteiger partial charge on any atom is 0.345 e. The molecule has 0 spiro atoms. The first-order valence-corrected chi connectivity index (χ1v) is 7.51. The van der Waals surface area contributed by atoms with Crippen molar-refractivity contribution < 1.29 is 13.9 Å². The Kier molecular flexibility index (Phi) is 3.80. The molecule has 0 aliphatic carbocycles. The molecule has 4 aromatic rings. The third kappa shape index (κ3) is 2.90. The molecule has 4 rings (SSSR count). The fraction of sp³-hybridized carbons (Fsp3) is 0. The summed E-state index contributed by atoms with van der Waals surface area (Å²) in [6.07, 6.45) is 0.656. The van der Waals surface area contributed by atoms with E-state index in [9.17, 15) is 4.79 Å². The van der Waals surface area contributed by atoms with Crippen LogP contribution in [0.1, 0.15) is 10.6 Å². The monoisotopic (exact) mass is 332 g/mol. The van der Waals surface area contributed by atoms with Crippen LogP contribution < -0.4 is 4.74 Å². The highest BCUT2D eigenvalue weighted by atomic mass is 16.5. The lowest BCUT2D eigenvalue weighted by atomic mass is 10.1. The number of furan rings is 1. The van der Waals surface area contributed by atoms with Crippen LogP contribution in [0, 0.1) is 0 Å². The summed E-state index contributed by atoms with van der Waals surface area (Å²) in [5, 5.41) is 11.6. The summed E-state index contributed by atoms with van der Waals surface area (Å²) in [6.45, 7) is 0. The van der Waals surface area contributed by atoms with Gasteiger partial charge in [-0.1, -0.05) is 35.4 Å². The molecular weight excluding hydrogens is 320 g/mol. The van der Waals surface area contributed by atoms with Crippen molar-refractivity contribution in [3.05, 3.63) is 72.5 Å². The number of benzene rings is 2. The van der Waals surface area contributed by atoms with Gasteiger partial charge in [0, 0.05) is 0 Å². The molecular formula is C18H12N4O3. The van der Waals surface area contributed by atoms with E-state index < -0.39 is 0 Å². The Balaban J connectivity index is 1.71. The number of hydrogen-bond donors (Lipinski definition) is 0. The van der Waals surface area contributed by atoms with Crippen molar-refractivity contribution in [3.8, 4) is 28.8 Å². The summed E-state index contributed by atoms with van der Waals surface area (Å²) in [4.78, 5) is 10.8. The third-order valence-electron chi connectivity index (χ3n) is 3.54. The zero-order chi connectivity index (χ0) is 17.1. The van der Waals surface area contributed by atoms with E-state index in [2.05, 4.69) is 15.5 Å². The fourth-order valence-electron chi connectivity index (χ4n) is 2.39. The summed E-state index contributed by atoms with van der Waals surface area (Å²) >= 11 is 0. The van der Waals surface area contributed by atoms with Crippen LogP contribution >= 0.6 is 0 Å². The number of aldehydes is 1. The second-order valence-corrected chi connectivity index (χ2v) is 5.13. The second kappa shape index (κ2) is 6.40. The van der Waals surface area contributed by atoms with Gasteiger partial charge in [-0.2, -0.15) is 4.68 Å². The van der Waals surface area contributed by atoms with Gasteiger partial charge < -0.3 is 9.15 Å². The molecule has 122 valence electrons. The average molecular weight is 332 g/mol. The van der Waals surface area contributed by atoms with Crippen molar-refractivity contribution in [2.75, 3.05) is 0 Å². The van der Waals surface area contributed by atoms with E-state index in [0.717, 1.165) is 5.69 Å². The largest absolute Gasteiger partial charge is 0.453 e. The molecule has 0 saturated carbocycles. The first-order chi connectivity index (χ1) is 12.3. The van der Waals surface area contributed by atoms with Gasteiger partial charge >= 0.3 is 6.01 Å². The Labute approximate surface area is 142 Å². The SMILES string of the molecule is O=Cc1ccc(-c2ccccc2Oc2nnnn2-c2ccccc2)o1. The van der Waals surface area contributed by atoms with E-state index in [1.54, 1.807) is 18.2 Å². The van der Waals surface area contributed by atoms with Gasteiger partial charge in [0.25, 0.3) is 0 Å². The molecule has 0 amide bonds. The Morgan fingerprint density at radius 2 is 1.76 bits per heavy atom. The molecule has 0 fully saturated rings. The number of aromatic nitrogens is 4. The molecule has 2 heterocycles. The standard InChI is InChI=1S/C18H12N4O3/c23-12-14-10-11-17(24-14)15-8-4-5-9-16(15)25-18-19-20-21-22(18)13-6-2-1-3-7-13/h1-12H. The van der Waals surface area contributed by atoms with E-state index in [-0.39, 0.29) is 11.8 Å². The number of nitrogens with zero attached hydrogens (tertiary/aromatic N) is 4. The van der Waals surface area contributed by atoms with Crippen molar-refractivity contribution >= 4 is 6.29 Å². The van der Waals surface area contributed by atoms with Gasteiger partial charge in [-0.25, -0.2) is 0 Å². The van der Waals surface area contributed by atoms with E-state index >= 15 is 0 Å². The Morgan fingerprint density at radius 1 is 0.960 bits per heavy atom. The second-order valence-electron chi connectivity index (χ2n) is 5.13. The molecule has 0 bridgehead atoms. The molecule has 2 aromatic heterocycles. The predicted molar refractivity (Wildman–Crippen MR) is 88.8 cm³/mol. The van der Waals surface area contributed by atoms with Gasteiger partial charge in [0.05, 0.1) is 11.3 Å². The molecule has 0 saturated heterocycles. The minimum absolute atomic E-state index is 0.223. The molecule has 0 atom stereocenters. The van der Waals surface area contributed by atoms with Crippen LogP contribution in [0.5, 0.6) is 11.8 Å². The minimum Gasteiger partial charge on any atom is -0.453 e. The van der Waals surface area contributed by atoms with Crippen molar-refractivity contribution in [2.45, 2.75) is 0 Å². The van der Waals surface area contributed by atoms with Crippen LogP contribution in [0.4, 0.5) is 0 Å². The van der Waals surface area contributed by atoms with E-state index in [4.69, 9.17) is 9.15 Å². The zero-order valence-electron chi connectivity index (χ0n) is 12.9. The van der Waals surface area contributed by atoms with Crippen LogP contribution in [-0.2, 0) is 0 Å². The molecule has 0 radical (unpaired) electrons. The number of carbonyl (C=O) groups excluding carboxylic acids is 1. The van der Waals surface area contributed by atoms with Gasteiger partial charge in [-0.15, -0.1) is 0 Å². The predicted octanol–water partition coefficient (Wildman–Crippen LogP) is 3.53. The molecule has 0 unspecified atom stereocenters. The molecule has 7 heteroatoms. The van der Waals surface area contributed by atoms with Crippen LogP contribution in [-0.4, -0.2) is 26.5 Å². The van der Waals surface area contributed by atoms with E-state index in [1.807, 2.05) is 48.5 Å². The van der Waals surface area contributed by atoms with Crippen LogP contribution in [0.3, 0.4) is 0 Å². The molecule has 25 heavy (non-hydrogen) atoms. The maximum absolute atomic E-state index is 10.8. The van der Waals surface area contributed by atoms with Crippen LogP contribution in [0.15, 0.2) is 71.1 Å². The number of para-hydroxylation sites is 2. The number of rotatable bonds is 5. The quantitative estimate of drug-likeness (QED) is 0.520. The minimum atomic E-state index is 0.223. The van der Waals surface area contributed by atoms with Crippen LogP contribution in [0.2, 0.25) is 0 Å². The Bertz CT molecular complexity index is 1010. The van der Waals surface area contributed by atoms with Crippen molar-refractivity contribution in [3.63, 3.8) is 0 Å². The molecule has 0 aliphatic heterocycles. The first-order valence-electron chi connectivity index (χ1n) is 7.51. The number of ether oxygens (including phenoxy) is 1. The lowest BCUT2D eigenvalue weighted by Crippen LogP contribution is -2.00. The third-order valence-corrected chi connectivity index (χ3v) is 3.54. The number of tetrazole rings is 1.